The molecule has 0 aliphatic heterocycles. The fourth-order valence-electron chi connectivity index (χ4n) is 1.95. The lowest BCUT2D eigenvalue weighted by molar-refractivity contribution is -0.255. The van der Waals surface area contributed by atoms with Crippen LogP contribution in [0.3, 0.4) is 0 Å². The zero-order chi connectivity index (χ0) is 12.4. The van der Waals surface area contributed by atoms with E-state index in [1.807, 2.05) is 13.0 Å². The van der Waals surface area contributed by atoms with Crippen LogP contribution in [-0.2, 0) is 6.42 Å². The van der Waals surface area contributed by atoms with Gasteiger partial charge in [-0.15, -0.1) is 0 Å². The Bertz CT molecular complexity index is 495. The lowest BCUT2D eigenvalue weighted by Gasteiger charge is -2.06. The summed E-state index contributed by atoms with van der Waals surface area (Å²) in [6.45, 7) is 4.14. The largest absolute Gasteiger partial charge is 0.399 e. The summed E-state index contributed by atoms with van der Waals surface area (Å²) >= 11 is 0. The minimum atomic E-state index is 0.859. The minimum Gasteiger partial charge on any atom is -0.399 e. The Morgan fingerprint density at radius 1 is 0.941 bits per heavy atom. The van der Waals surface area contributed by atoms with Gasteiger partial charge in [-0.3, -0.25) is 0 Å². The molecule has 0 saturated heterocycles. The topological polar surface area (TPSA) is 53.7 Å². The van der Waals surface area contributed by atoms with E-state index in [1.165, 1.54) is 16.7 Å². The molecule has 2 aromatic rings. The standard InChI is InChI=1S/C15H18N2/c1-10-7-12(3-5-14(10)16)9-13-4-6-15(17)11(2)8-13/h3-8H,9,16-17H2,1-2H3/p+1. The molecule has 0 radical (unpaired) electrons. The van der Waals surface area contributed by atoms with Gasteiger partial charge in [0.25, 0.3) is 0 Å². The highest BCUT2D eigenvalue weighted by Crippen LogP contribution is 2.18. The maximum absolute atomic E-state index is 5.82. The maximum Gasteiger partial charge on any atom is 0.130 e. The van der Waals surface area contributed by atoms with Crippen molar-refractivity contribution in [3.63, 3.8) is 0 Å². The number of hydrogen-bond acceptors (Lipinski definition) is 1. The van der Waals surface area contributed by atoms with Gasteiger partial charge in [0.2, 0.25) is 0 Å². The highest BCUT2D eigenvalue weighted by atomic mass is 14.6. The Kier molecular flexibility index (Phi) is 3.16. The van der Waals surface area contributed by atoms with E-state index in [9.17, 15) is 0 Å². The molecule has 0 bridgehead atoms. The lowest BCUT2D eigenvalue weighted by Crippen LogP contribution is -2.41. The Hall–Kier alpha value is -1.80. The van der Waals surface area contributed by atoms with Crippen LogP contribution in [0.5, 0.6) is 0 Å². The van der Waals surface area contributed by atoms with Gasteiger partial charge in [-0.2, -0.15) is 0 Å². The summed E-state index contributed by atoms with van der Waals surface area (Å²) in [6, 6.07) is 12.6. The second-order valence-electron chi connectivity index (χ2n) is 4.63. The second kappa shape index (κ2) is 4.60. The van der Waals surface area contributed by atoms with Crippen molar-refractivity contribution in [1.82, 2.24) is 0 Å². The SMILES string of the molecule is Cc1cc(Cc2ccc([NH3+])c(C)c2)ccc1N. The first-order valence-electron chi connectivity index (χ1n) is 5.83. The van der Waals surface area contributed by atoms with Crippen molar-refractivity contribution in [2.45, 2.75) is 20.3 Å². The van der Waals surface area contributed by atoms with E-state index >= 15 is 0 Å². The van der Waals surface area contributed by atoms with E-state index < -0.39 is 0 Å². The first-order valence-corrected chi connectivity index (χ1v) is 5.83. The van der Waals surface area contributed by atoms with Gasteiger partial charge in [-0.05, 0) is 55.2 Å². The molecule has 0 aliphatic rings. The van der Waals surface area contributed by atoms with Crippen LogP contribution in [0.2, 0.25) is 0 Å². The minimum absolute atomic E-state index is 0.859. The average molecular weight is 227 g/mol. The fourth-order valence-corrected chi connectivity index (χ4v) is 1.95. The molecule has 2 aromatic carbocycles. The number of aryl methyl sites for hydroxylation is 2. The summed E-state index contributed by atoms with van der Waals surface area (Å²) in [5, 5.41) is 0. The van der Waals surface area contributed by atoms with E-state index in [-0.39, 0.29) is 0 Å². The van der Waals surface area contributed by atoms with Gasteiger partial charge in [0.15, 0.2) is 0 Å². The quantitative estimate of drug-likeness (QED) is 0.760. The molecule has 0 amide bonds. The van der Waals surface area contributed by atoms with Crippen LogP contribution in [0.1, 0.15) is 22.3 Å². The monoisotopic (exact) mass is 227 g/mol. The molecule has 2 nitrogen and oxygen atoms in total. The zero-order valence-corrected chi connectivity index (χ0v) is 10.5. The highest BCUT2D eigenvalue weighted by Gasteiger charge is 2.02. The van der Waals surface area contributed by atoms with Gasteiger partial charge in [-0.25, -0.2) is 0 Å². The van der Waals surface area contributed by atoms with Crippen LogP contribution >= 0.6 is 0 Å². The van der Waals surface area contributed by atoms with Crippen molar-refractivity contribution in [3.8, 4) is 0 Å². The predicted octanol–water partition coefficient (Wildman–Crippen LogP) is 2.35. The molecule has 0 unspecified atom stereocenters. The zero-order valence-electron chi connectivity index (χ0n) is 10.5. The average Bonchev–Trinajstić information content (AvgIpc) is 2.29. The molecule has 2 rings (SSSR count). The van der Waals surface area contributed by atoms with Gasteiger partial charge in [0.1, 0.15) is 5.69 Å². The molecule has 0 spiro atoms. The molecular weight excluding hydrogens is 208 g/mol. The van der Waals surface area contributed by atoms with Gasteiger partial charge < -0.3 is 11.5 Å². The highest BCUT2D eigenvalue weighted by molar-refractivity contribution is 5.49. The van der Waals surface area contributed by atoms with Crippen molar-refractivity contribution in [3.05, 3.63) is 58.7 Å². The number of nitrogen functional groups attached to an aromatic ring is 1. The number of anilines is 1. The summed E-state index contributed by atoms with van der Waals surface area (Å²) < 4.78 is 0. The lowest BCUT2D eigenvalue weighted by atomic mass is 10.0. The van der Waals surface area contributed by atoms with Crippen LogP contribution in [-0.4, -0.2) is 0 Å². The molecule has 0 fully saturated rings. The summed E-state index contributed by atoms with van der Waals surface area (Å²) in [5.41, 5.74) is 16.8. The van der Waals surface area contributed by atoms with Crippen LogP contribution < -0.4 is 11.5 Å². The Balaban J connectivity index is 2.25. The third-order valence-corrected chi connectivity index (χ3v) is 3.15. The number of quaternary nitrogens is 1. The number of hydrogen-bond donors (Lipinski definition) is 2. The van der Waals surface area contributed by atoms with Gasteiger partial charge >= 0.3 is 0 Å². The molecule has 0 aromatic heterocycles. The fraction of sp³-hybridized carbons (Fsp3) is 0.200. The molecule has 0 atom stereocenters. The van der Waals surface area contributed by atoms with Crippen molar-refractivity contribution in [2.24, 2.45) is 0 Å². The third kappa shape index (κ3) is 2.66. The summed E-state index contributed by atoms with van der Waals surface area (Å²) in [5.74, 6) is 0. The summed E-state index contributed by atoms with van der Waals surface area (Å²) in [4.78, 5) is 0. The smallest absolute Gasteiger partial charge is 0.130 e. The van der Waals surface area contributed by atoms with E-state index in [2.05, 4.69) is 43.0 Å². The van der Waals surface area contributed by atoms with Crippen molar-refractivity contribution in [2.75, 3.05) is 5.73 Å². The molecule has 0 saturated carbocycles. The van der Waals surface area contributed by atoms with Crippen LogP contribution in [0.4, 0.5) is 11.4 Å². The molecule has 0 heterocycles. The molecular formula is C15H19N2+. The summed E-state index contributed by atoms with van der Waals surface area (Å²) in [6.07, 6.45) is 0.947. The molecule has 17 heavy (non-hydrogen) atoms. The van der Waals surface area contributed by atoms with E-state index in [4.69, 9.17) is 5.73 Å². The first kappa shape index (κ1) is 11.7. The first-order chi connectivity index (χ1) is 8.06. The molecule has 2 heteroatoms. The van der Waals surface area contributed by atoms with Gasteiger partial charge in [0.05, 0.1) is 0 Å². The third-order valence-electron chi connectivity index (χ3n) is 3.15. The second-order valence-corrected chi connectivity index (χ2v) is 4.63. The number of nitrogens with two attached hydrogens (primary N) is 1. The Labute approximate surface area is 102 Å². The van der Waals surface area contributed by atoms with E-state index in [0.29, 0.717) is 0 Å². The van der Waals surface area contributed by atoms with Gasteiger partial charge in [-0.1, -0.05) is 18.2 Å². The Morgan fingerprint density at radius 2 is 1.53 bits per heavy atom. The van der Waals surface area contributed by atoms with E-state index in [1.54, 1.807) is 0 Å². The number of rotatable bonds is 2. The van der Waals surface area contributed by atoms with E-state index in [0.717, 1.165) is 23.4 Å². The maximum atomic E-state index is 5.82. The molecule has 0 aliphatic carbocycles. The van der Waals surface area contributed by atoms with Crippen molar-refractivity contribution in [1.29, 1.82) is 0 Å². The van der Waals surface area contributed by atoms with Crippen LogP contribution in [0, 0.1) is 13.8 Å². The van der Waals surface area contributed by atoms with Gasteiger partial charge in [0, 0.05) is 11.3 Å². The van der Waals surface area contributed by atoms with Crippen LogP contribution in [0.25, 0.3) is 0 Å². The Morgan fingerprint density at radius 3 is 2.12 bits per heavy atom. The number of benzene rings is 2. The van der Waals surface area contributed by atoms with Crippen molar-refractivity contribution >= 4 is 11.4 Å². The molecule has 5 N–H and O–H groups in total. The summed E-state index contributed by atoms with van der Waals surface area (Å²) in [7, 11) is 0. The predicted molar refractivity (Wildman–Crippen MR) is 72.1 cm³/mol. The van der Waals surface area contributed by atoms with Crippen molar-refractivity contribution < 1.29 is 5.73 Å². The van der Waals surface area contributed by atoms with Crippen LogP contribution in [0.15, 0.2) is 36.4 Å². The normalized spacial score (nSPS) is 10.5. The molecule has 88 valence electrons.